The zero-order chi connectivity index (χ0) is 25.2. The standard InChI is InChI=1S/C28H33N5O4/c1-20-2-5-22(6-3-20)27-29-26(37-30-27)18-31-10-8-23(9-11-31)28(34)33-14-12-32(13-15-33)17-21-4-7-24-25(16-21)36-19-35-24/h2-7,16,23H,8-15,17-19H2,1H3. The van der Waals surface area contributed by atoms with Gasteiger partial charge in [0.1, 0.15) is 0 Å². The second kappa shape index (κ2) is 10.5. The Hall–Kier alpha value is -3.43. The maximum Gasteiger partial charge on any atom is 0.241 e. The van der Waals surface area contributed by atoms with Crippen LogP contribution in [0.25, 0.3) is 11.4 Å². The summed E-state index contributed by atoms with van der Waals surface area (Å²) in [6, 6.07) is 14.3. The van der Waals surface area contributed by atoms with Crippen LogP contribution in [0.3, 0.4) is 0 Å². The molecule has 3 aliphatic heterocycles. The number of likely N-dealkylation sites (tertiary alicyclic amines) is 1. The Morgan fingerprint density at radius 3 is 2.41 bits per heavy atom. The van der Waals surface area contributed by atoms with Crippen molar-refractivity contribution in [3.63, 3.8) is 0 Å². The molecule has 0 unspecified atom stereocenters. The van der Waals surface area contributed by atoms with Gasteiger partial charge in [-0.1, -0.05) is 41.1 Å². The summed E-state index contributed by atoms with van der Waals surface area (Å²) in [4.78, 5) is 24.6. The predicted molar refractivity (Wildman–Crippen MR) is 137 cm³/mol. The lowest BCUT2D eigenvalue weighted by Crippen LogP contribution is -2.51. The number of ether oxygens (including phenoxy) is 2. The van der Waals surface area contributed by atoms with E-state index in [-0.39, 0.29) is 5.92 Å². The molecule has 3 aromatic rings. The number of benzene rings is 2. The molecule has 0 bridgehead atoms. The molecule has 1 aromatic heterocycles. The molecule has 0 aliphatic carbocycles. The summed E-state index contributed by atoms with van der Waals surface area (Å²) in [5.74, 6) is 3.29. The third-order valence-corrected chi connectivity index (χ3v) is 7.60. The van der Waals surface area contributed by atoms with Crippen molar-refractivity contribution in [3.8, 4) is 22.9 Å². The topological polar surface area (TPSA) is 84.2 Å². The zero-order valence-corrected chi connectivity index (χ0v) is 21.3. The van der Waals surface area contributed by atoms with Crippen LogP contribution in [-0.2, 0) is 17.9 Å². The van der Waals surface area contributed by atoms with E-state index in [4.69, 9.17) is 14.0 Å². The largest absolute Gasteiger partial charge is 0.454 e. The van der Waals surface area contributed by atoms with Gasteiger partial charge in [0.15, 0.2) is 11.5 Å². The molecule has 0 N–H and O–H groups in total. The van der Waals surface area contributed by atoms with E-state index < -0.39 is 0 Å². The van der Waals surface area contributed by atoms with Gasteiger partial charge >= 0.3 is 0 Å². The summed E-state index contributed by atoms with van der Waals surface area (Å²) in [5.41, 5.74) is 3.37. The Labute approximate surface area is 216 Å². The summed E-state index contributed by atoms with van der Waals surface area (Å²) >= 11 is 0. The maximum atomic E-state index is 13.2. The fourth-order valence-corrected chi connectivity index (χ4v) is 5.35. The van der Waals surface area contributed by atoms with Gasteiger partial charge in [-0.3, -0.25) is 14.6 Å². The minimum Gasteiger partial charge on any atom is -0.454 e. The van der Waals surface area contributed by atoms with Crippen LogP contribution < -0.4 is 9.47 Å². The molecule has 194 valence electrons. The number of amides is 1. The van der Waals surface area contributed by atoms with E-state index in [2.05, 4.69) is 43.9 Å². The van der Waals surface area contributed by atoms with E-state index in [9.17, 15) is 4.79 Å². The van der Waals surface area contributed by atoms with Crippen LogP contribution in [0.4, 0.5) is 0 Å². The monoisotopic (exact) mass is 503 g/mol. The first-order valence-corrected chi connectivity index (χ1v) is 13.1. The molecule has 9 nitrogen and oxygen atoms in total. The van der Waals surface area contributed by atoms with E-state index in [0.29, 0.717) is 31.0 Å². The molecule has 0 atom stereocenters. The zero-order valence-electron chi connectivity index (χ0n) is 21.3. The number of fused-ring (bicyclic) bond motifs is 1. The van der Waals surface area contributed by atoms with Crippen LogP contribution >= 0.6 is 0 Å². The number of carbonyl (C=O) groups is 1. The van der Waals surface area contributed by atoms with E-state index in [0.717, 1.165) is 75.7 Å². The summed E-state index contributed by atoms with van der Waals surface area (Å²) in [7, 11) is 0. The van der Waals surface area contributed by atoms with Gasteiger partial charge in [-0.05, 0) is 50.6 Å². The number of nitrogens with zero attached hydrogens (tertiary/aromatic N) is 5. The van der Waals surface area contributed by atoms with Crippen LogP contribution in [0.1, 0.15) is 29.9 Å². The highest BCUT2D eigenvalue weighted by Gasteiger charge is 2.31. The van der Waals surface area contributed by atoms with Crippen LogP contribution in [0.15, 0.2) is 47.0 Å². The van der Waals surface area contributed by atoms with E-state index >= 15 is 0 Å². The van der Waals surface area contributed by atoms with Gasteiger partial charge in [0.2, 0.25) is 24.4 Å². The highest BCUT2D eigenvalue weighted by Crippen LogP contribution is 2.33. The molecule has 2 aromatic carbocycles. The molecule has 0 spiro atoms. The second-order valence-corrected chi connectivity index (χ2v) is 10.2. The van der Waals surface area contributed by atoms with Gasteiger partial charge < -0.3 is 18.9 Å². The molecule has 9 heteroatoms. The lowest BCUT2D eigenvalue weighted by atomic mass is 9.95. The number of aryl methyl sites for hydroxylation is 1. The minimum atomic E-state index is 0.0995. The molecule has 3 aliphatic rings. The van der Waals surface area contributed by atoms with Crippen molar-refractivity contribution < 1.29 is 18.8 Å². The van der Waals surface area contributed by atoms with Crippen LogP contribution in [0.5, 0.6) is 11.5 Å². The number of piperidine rings is 1. The Bertz CT molecular complexity index is 1230. The minimum absolute atomic E-state index is 0.0995. The first-order valence-electron chi connectivity index (χ1n) is 13.1. The summed E-state index contributed by atoms with van der Waals surface area (Å²) < 4.78 is 16.4. The summed E-state index contributed by atoms with van der Waals surface area (Å²) in [5, 5.41) is 4.14. The van der Waals surface area contributed by atoms with Gasteiger partial charge in [0, 0.05) is 44.2 Å². The molecule has 1 amide bonds. The highest BCUT2D eigenvalue weighted by atomic mass is 16.7. The molecule has 6 rings (SSSR count). The Kier molecular flexibility index (Phi) is 6.80. The molecule has 4 heterocycles. The smallest absolute Gasteiger partial charge is 0.241 e. The van der Waals surface area contributed by atoms with E-state index in [1.54, 1.807) is 0 Å². The van der Waals surface area contributed by atoms with E-state index in [1.165, 1.54) is 11.1 Å². The van der Waals surface area contributed by atoms with Crippen molar-refractivity contribution in [1.29, 1.82) is 0 Å². The van der Waals surface area contributed by atoms with Gasteiger partial charge in [0.25, 0.3) is 0 Å². The number of carbonyl (C=O) groups excluding carboxylic acids is 1. The predicted octanol–water partition coefficient (Wildman–Crippen LogP) is 3.33. The Morgan fingerprint density at radius 1 is 0.892 bits per heavy atom. The summed E-state index contributed by atoms with van der Waals surface area (Å²) in [6.45, 7) is 8.91. The lowest BCUT2D eigenvalue weighted by Gasteiger charge is -2.38. The van der Waals surface area contributed by atoms with E-state index in [1.807, 2.05) is 30.3 Å². The molecule has 37 heavy (non-hydrogen) atoms. The van der Waals surface area contributed by atoms with Crippen molar-refractivity contribution in [2.75, 3.05) is 46.1 Å². The number of rotatable bonds is 6. The molecule has 2 fully saturated rings. The maximum absolute atomic E-state index is 13.2. The fraction of sp³-hybridized carbons (Fsp3) is 0.464. The Morgan fingerprint density at radius 2 is 1.62 bits per heavy atom. The number of hydrogen-bond donors (Lipinski definition) is 0. The first-order chi connectivity index (χ1) is 18.1. The third kappa shape index (κ3) is 5.47. The highest BCUT2D eigenvalue weighted by molar-refractivity contribution is 5.79. The van der Waals surface area contributed by atoms with Crippen LogP contribution in [0, 0.1) is 12.8 Å². The van der Waals surface area contributed by atoms with Crippen molar-refractivity contribution in [1.82, 2.24) is 24.8 Å². The van der Waals surface area contributed by atoms with Gasteiger partial charge in [-0.2, -0.15) is 4.98 Å². The Balaban J connectivity index is 0.947. The van der Waals surface area contributed by atoms with Crippen molar-refractivity contribution in [3.05, 3.63) is 59.5 Å². The van der Waals surface area contributed by atoms with Crippen molar-refractivity contribution >= 4 is 5.91 Å². The van der Waals surface area contributed by atoms with Gasteiger partial charge in [-0.25, -0.2) is 0 Å². The quantitative estimate of drug-likeness (QED) is 0.507. The molecular weight excluding hydrogens is 470 g/mol. The number of hydrogen-bond acceptors (Lipinski definition) is 8. The lowest BCUT2D eigenvalue weighted by molar-refractivity contribution is -0.139. The number of piperazine rings is 1. The molecule has 2 saturated heterocycles. The fourth-order valence-electron chi connectivity index (χ4n) is 5.35. The molecule has 0 radical (unpaired) electrons. The molecule has 0 saturated carbocycles. The van der Waals surface area contributed by atoms with Gasteiger partial charge in [0.05, 0.1) is 6.54 Å². The van der Waals surface area contributed by atoms with Crippen molar-refractivity contribution in [2.24, 2.45) is 5.92 Å². The number of aromatic nitrogens is 2. The van der Waals surface area contributed by atoms with Crippen LogP contribution in [-0.4, -0.2) is 76.8 Å². The van der Waals surface area contributed by atoms with Crippen molar-refractivity contribution in [2.45, 2.75) is 32.9 Å². The van der Waals surface area contributed by atoms with Gasteiger partial charge in [-0.15, -0.1) is 0 Å². The molecular formula is C28H33N5O4. The SMILES string of the molecule is Cc1ccc(-c2noc(CN3CCC(C(=O)N4CCN(Cc5ccc6c(c5)OCO6)CC4)CC3)n2)cc1. The first kappa shape index (κ1) is 23.9. The second-order valence-electron chi connectivity index (χ2n) is 10.2. The van der Waals surface area contributed by atoms with Crippen LogP contribution in [0.2, 0.25) is 0 Å². The summed E-state index contributed by atoms with van der Waals surface area (Å²) in [6.07, 6.45) is 1.74. The average molecular weight is 504 g/mol. The third-order valence-electron chi connectivity index (χ3n) is 7.60. The average Bonchev–Trinajstić information content (AvgIpc) is 3.59. The normalized spacial score (nSPS) is 18.9.